The Morgan fingerprint density at radius 2 is 1.95 bits per heavy atom. The second-order valence-electron chi connectivity index (χ2n) is 4.87. The van der Waals surface area contributed by atoms with Crippen LogP contribution in [-0.2, 0) is 21.3 Å². The van der Waals surface area contributed by atoms with Gasteiger partial charge in [0, 0.05) is 19.7 Å². The van der Waals surface area contributed by atoms with Gasteiger partial charge in [-0.1, -0.05) is 6.07 Å². The molecule has 0 radical (unpaired) electrons. The van der Waals surface area contributed by atoms with E-state index < -0.39 is 10.0 Å². The number of nitrogens with one attached hydrogen (secondary N) is 1. The molecule has 0 saturated heterocycles. The van der Waals surface area contributed by atoms with Crippen molar-refractivity contribution in [1.29, 1.82) is 0 Å². The highest BCUT2D eigenvalue weighted by Crippen LogP contribution is 2.20. The highest BCUT2D eigenvalue weighted by atomic mass is 32.2. The number of hydrogen-bond donors (Lipinski definition) is 2. The number of rotatable bonds is 7. The summed E-state index contributed by atoms with van der Waals surface area (Å²) in [6.07, 6.45) is -0.158. The van der Waals surface area contributed by atoms with Gasteiger partial charge in [-0.25, -0.2) is 13.1 Å². The van der Waals surface area contributed by atoms with E-state index in [9.17, 15) is 8.42 Å². The van der Waals surface area contributed by atoms with Gasteiger partial charge < -0.3 is 10.5 Å². The van der Waals surface area contributed by atoms with Crippen molar-refractivity contribution < 1.29 is 13.2 Å². The van der Waals surface area contributed by atoms with Gasteiger partial charge in [-0.05, 0) is 50.5 Å². The van der Waals surface area contributed by atoms with Gasteiger partial charge in [0.2, 0.25) is 10.0 Å². The standard InChI is InChI=1S/C14H24N2O3S/c1-5-19-12(4)9-16-20(17,18)14-7-13(8-15)10(2)6-11(14)3/h6-7,12,16H,5,8-9,15H2,1-4H3. The monoisotopic (exact) mass is 300 g/mol. The van der Waals surface area contributed by atoms with E-state index in [1.165, 1.54) is 0 Å². The van der Waals surface area contributed by atoms with Crippen LogP contribution in [0, 0.1) is 13.8 Å². The number of sulfonamides is 1. The SMILES string of the molecule is CCOC(C)CNS(=O)(=O)c1cc(CN)c(C)cc1C. The van der Waals surface area contributed by atoms with Crippen molar-refractivity contribution >= 4 is 10.0 Å². The van der Waals surface area contributed by atoms with Crippen LogP contribution in [-0.4, -0.2) is 27.7 Å². The summed E-state index contributed by atoms with van der Waals surface area (Å²) in [6.45, 7) is 8.56. The van der Waals surface area contributed by atoms with Gasteiger partial charge in [0.15, 0.2) is 0 Å². The molecule has 0 heterocycles. The summed E-state index contributed by atoms with van der Waals surface area (Å²) in [6, 6.07) is 3.50. The van der Waals surface area contributed by atoms with Crippen LogP contribution in [0.5, 0.6) is 0 Å². The highest BCUT2D eigenvalue weighted by Gasteiger charge is 2.19. The zero-order chi connectivity index (χ0) is 15.3. The van der Waals surface area contributed by atoms with Crippen LogP contribution in [0.2, 0.25) is 0 Å². The van der Waals surface area contributed by atoms with Crippen molar-refractivity contribution in [3.63, 3.8) is 0 Å². The predicted molar refractivity (Wildman–Crippen MR) is 80.1 cm³/mol. The van der Waals surface area contributed by atoms with E-state index >= 15 is 0 Å². The Bertz CT molecular complexity index is 556. The maximum atomic E-state index is 12.3. The van der Waals surface area contributed by atoms with Crippen molar-refractivity contribution in [3.05, 3.63) is 28.8 Å². The lowest BCUT2D eigenvalue weighted by molar-refractivity contribution is 0.0799. The third-order valence-corrected chi connectivity index (χ3v) is 4.72. The van der Waals surface area contributed by atoms with Gasteiger partial charge in [0.1, 0.15) is 0 Å². The molecule has 20 heavy (non-hydrogen) atoms. The minimum atomic E-state index is -3.54. The fourth-order valence-corrected chi connectivity index (χ4v) is 3.42. The largest absolute Gasteiger partial charge is 0.377 e. The molecule has 0 spiro atoms. The summed E-state index contributed by atoms with van der Waals surface area (Å²) in [5.41, 5.74) is 8.21. The number of ether oxygens (including phenoxy) is 1. The fraction of sp³-hybridized carbons (Fsp3) is 0.571. The molecular weight excluding hydrogens is 276 g/mol. The van der Waals surface area contributed by atoms with Gasteiger partial charge in [-0.2, -0.15) is 0 Å². The molecule has 114 valence electrons. The van der Waals surface area contributed by atoms with E-state index in [-0.39, 0.29) is 17.5 Å². The minimum Gasteiger partial charge on any atom is -0.377 e. The van der Waals surface area contributed by atoms with Crippen LogP contribution in [0.4, 0.5) is 0 Å². The summed E-state index contributed by atoms with van der Waals surface area (Å²) in [5.74, 6) is 0. The molecule has 0 aromatic heterocycles. The first-order chi connectivity index (χ1) is 9.31. The molecular formula is C14H24N2O3S. The van der Waals surface area contributed by atoms with Crippen LogP contribution in [0.15, 0.2) is 17.0 Å². The summed E-state index contributed by atoms with van der Waals surface area (Å²) in [5, 5.41) is 0. The Hall–Kier alpha value is -0.950. The molecule has 0 saturated carbocycles. The molecule has 1 atom stereocenters. The Balaban J connectivity index is 2.98. The first-order valence-electron chi connectivity index (χ1n) is 6.73. The molecule has 3 N–H and O–H groups in total. The van der Waals surface area contributed by atoms with Gasteiger partial charge in [-0.3, -0.25) is 0 Å². The predicted octanol–water partition coefficient (Wildman–Crippen LogP) is 1.47. The Morgan fingerprint density at radius 3 is 2.50 bits per heavy atom. The molecule has 0 aliphatic rings. The maximum absolute atomic E-state index is 12.3. The van der Waals surface area contributed by atoms with E-state index in [0.29, 0.717) is 13.2 Å². The maximum Gasteiger partial charge on any atom is 0.240 e. The van der Waals surface area contributed by atoms with Crippen LogP contribution < -0.4 is 10.5 Å². The zero-order valence-electron chi connectivity index (χ0n) is 12.6. The second-order valence-corrected chi connectivity index (χ2v) is 6.60. The Labute approximate surface area is 121 Å². The zero-order valence-corrected chi connectivity index (χ0v) is 13.4. The fourth-order valence-electron chi connectivity index (χ4n) is 2.03. The first kappa shape index (κ1) is 17.1. The molecule has 1 rings (SSSR count). The summed E-state index contributed by atoms with van der Waals surface area (Å²) < 4.78 is 32.6. The number of aryl methyl sites for hydroxylation is 2. The van der Waals surface area contributed by atoms with E-state index in [0.717, 1.165) is 16.7 Å². The molecule has 0 bridgehead atoms. The quantitative estimate of drug-likeness (QED) is 0.799. The summed E-state index contributed by atoms with van der Waals surface area (Å²) >= 11 is 0. The number of nitrogens with two attached hydrogens (primary N) is 1. The highest BCUT2D eigenvalue weighted by molar-refractivity contribution is 7.89. The van der Waals surface area contributed by atoms with Crippen LogP contribution in [0.1, 0.15) is 30.5 Å². The van der Waals surface area contributed by atoms with Gasteiger partial charge >= 0.3 is 0 Å². The molecule has 1 aromatic carbocycles. The number of benzene rings is 1. The third kappa shape index (κ3) is 4.28. The van der Waals surface area contributed by atoms with Crippen molar-refractivity contribution in [2.45, 2.75) is 45.2 Å². The van der Waals surface area contributed by atoms with E-state index in [2.05, 4.69) is 4.72 Å². The van der Waals surface area contributed by atoms with Gasteiger partial charge in [-0.15, -0.1) is 0 Å². The lowest BCUT2D eigenvalue weighted by Gasteiger charge is -2.15. The summed E-state index contributed by atoms with van der Waals surface area (Å²) in [7, 11) is -3.54. The lowest BCUT2D eigenvalue weighted by atomic mass is 10.1. The average molecular weight is 300 g/mol. The average Bonchev–Trinajstić information content (AvgIpc) is 2.37. The molecule has 6 heteroatoms. The summed E-state index contributed by atoms with van der Waals surface area (Å²) in [4.78, 5) is 0.284. The normalized spacial score (nSPS) is 13.4. The van der Waals surface area contributed by atoms with Crippen LogP contribution >= 0.6 is 0 Å². The Kier molecular flexibility index (Phi) is 6.13. The second kappa shape index (κ2) is 7.17. The number of hydrogen-bond acceptors (Lipinski definition) is 4. The van der Waals surface area contributed by atoms with Crippen molar-refractivity contribution in [2.75, 3.05) is 13.2 Å². The molecule has 1 unspecified atom stereocenters. The van der Waals surface area contributed by atoms with E-state index in [1.54, 1.807) is 13.0 Å². The molecule has 0 aliphatic carbocycles. The van der Waals surface area contributed by atoms with E-state index in [4.69, 9.17) is 10.5 Å². The first-order valence-corrected chi connectivity index (χ1v) is 8.21. The van der Waals surface area contributed by atoms with Crippen LogP contribution in [0.3, 0.4) is 0 Å². The van der Waals surface area contributed by atoms with Crippen molar-refractivity contribution in [2.24, 2.45) is 5.73 Å². The van der Waals surface area contributed by atoms with Crippen LogP contribution in [0.25, 0.3) is 0 Å². The molecule has 5 nitrogen and oxygen atoms in total. The van der Waals surface area contributed by atoms with Gasteiger partial charge in [0.25, 0.3) is 0 Å². The minimum absolute atomic E-state index is 0.158. The smallest absolute Gasteiger partial charge is 0.240 e. The Morgan fingerprint density at radius 1 is 1.30 bits per heavy atom. The molecule has 0 fully saturated rings. The van der Waals surface area contributed by atoms with E-state index in [1.807, 2.05) is 26.8 Å². The van der Waals surface area contributed by atoms with Gasteiger partial charge in [0.05, 0.1) is 11.0 Å². The molecule has 1 aromatic rings. The van der Waals surface area contributed by atoms with Crippen molar-refractivity contribution in [1.82, 2.24) is 4.72 Å². The molecule has 0 amide bonds. The molecule has 0 aliphatic heterocycles. The van der Waals surface area contributed by atoms with Crippen molar-refractivity contribution in [3.8, 4) is 0 Å². The third-order valence-electron chi connectivity index (χ3n) is 3.15. The lowest BCUT2D eigenvalue weighted by Crippen LogP contribution is -2.32. The topological polar surface area (TPSA) is 81.4 Å².